The van der Waals surface area contributed by atoms with Crippen LogP contribution in [0.3, 0.4) is 0 Å². The molecule has 0 aliphatic heterocycles. The van der Waals surface area contributed by atoms with Crippen molar-refractivity contribution in [1.29, 1.82) is 0 Å². The van der Waals surface area contributed by atoms with Gasteiger partial charge in [-0.25, -0.2) is 45.8 Å². The second-order valence-corrected chi connectivity index (χ2v) is 8.35. The van der Waals surface area contributed by atoms with Gasteiger partial charge in [-0.05, 0) is 24.3 Å². The number of rotatable bonds is 2. The first-order valence-electron chi connectivity index (χ1n) is 7.51. The normalized spacial score (nSPS) is 11.1. The molecule has 0 aromatic heterocycles. The third-order valence-corrected chi connectivity index (χ3v) is 5.00. The average molecular weight is 458 g/mol. The molecule has 0 amide bonds. The molecule has 0 saturated heterocycles. The molecular formula is C16H10O12S2. The summed E-state index contributed by atoms with van der Waals surface area (Å²) >= 11 is 0. The van der Waals surface area contributed by atoms with E-state index in [9.17, 15) is 36.0 Å². The number of para-hydroxylation sites is 2. The number of carbonyl (C=O) groups excluding carboxylic acids is 4. The number of carbonyl (C=O) groups is 4. The Kier molecular flexibility index (Phi) is 6.86. The minimum absolute atomic E-state index is 0.234. The van der Waals surface area contributed by atoms with E-state index in [-0.39, 0.29) is 11.5 Å². The molecule has 12 nitrogen and oxygen atoms in total. The lowest BCUT2D eigenvalue weighted by Crippen LogP contribution is -2.31. The Labute approximate surface area is 168 Å². The van der Waals surface area contributed by atoms with Crippen LogP contribution in [-0.4, -0.2) is 38.0 Å². The summed E-state index contributed by atoms with van der Waals surface area (Å²) in [5.74, 6) is -0.468. The topological polar surface area (TPSA) is 173 Å². The number of ether oxygens (including phenoxy) is 2. The van der Waals surface area contributed by atoms with Gasteiger partial charge in [0.1, 0.15) is 11.5 Å². The summed E-state index contributed by atoms with van der Waals surface area (Å²) in [6.45, 7) is 0. The highest BCUT2D eigenvalue weighted by atomic mass is 32.2. The van der Waals surface area contributed by atoms with Crippen LogP contribution in [0.2, 0.25) is 0 Å². The molecule has 0 spiro atoms. The predicted octanol–water partition coefficient (Wildman–Crippen LogP) is 2.40. The first-order valence-corrected chi connectivity index (χ1v) is 10.5. The summed E-state index contributed by atoms with van der Waals surface area (Å²) in [5, 5.41) is -9.07. The van der Waals surface area contributed by atoms with Gasteiger partial charge in [0.2, 0.25) is 0 Å². The zero-order chi connectivity index (χ0) is 22.4. The SMILES string of the molecule is O=C(OOC(=O)S(=O)(=O)C(=O)Oc1ccccc1)S(=O)(=O)C(=O)Oc1ccccc1. The van der Waals surface area contributed by atoms with Crippen molar-refractivity contribution in [3.63, 3.8) is 0 Å². The zero-order valence-corrected chi connectivity index (χ0v) is 16.1. The molecule has 0 radical (unpaired) electrons. The number of sulfone groups is 2. The Bertz CT molecular complexity index is 1070. The lowest BCUT2D eigenvalue weighted by molar-refractivity contribution is -0.159. The van der Waals surface area contributed by atoms with Crippen molar-refractivity contribution in [2.75, 3.05) is 0 Å². The van der Waals surface area contributed by atoms with E-state index in [2.05, 4.69) is 19.2 Å². The number of benzene rings is 2. The molecule has 0 heterocycles. The largest absolute Gasteiger partial charge is 0.480 e. The third-order valence-electron chi connectivity index (χ3n) is 2.94. The number of hydrogen-bond acceptors (Lipinski definition) is 12. The Hall–Kier alpha value is -3.78. The highest BCUT2D eigenvalue weighted by Gasteiger charge is 2.41. The van der Waals surface area contributed by atoms with Gasteiger partial charge in [-0.15, -0.1) is 0 Å². The van der Waals surface area contributed by atoms with Gasteiger partial charge in [0.15, 0.2) is 0 Å². The monoisotopic (exact) mass is 458 g/mol. The molecule has 0 bridgehead atoms. The second-order valence-electron chi connectivity index (χ2n) is 5.00. The Morgan fingerprint density at radius 2 is 0.800 bits per heavy atom. The van der Waals surface area contributed by atoms with Crippen molar-refractivity contribution in [2.45, 2.75) is 0 Å². The van der Waals surface area contributed by atoms with Crippen molar-refractivity contribution in [3.8, 4) is 11.5 Å². The maximum absolute atomic E-state index is 11.7. The van der Waals surface area contributed by atoms with Gasteiger partial charge < -0.3 is 9.47 Å². The van der Waals surface area contributed by atoms with Crippen LogP contribution >= 0.6 is 0 Å². The Balaban J connectivity index is 1.99. The smallest absolute Gasteiger partial charge is 0.414 e. The second kappa shape index (κ2) is 9.15. The highest BCUT2D eigenvalue weighted by molar-refractivity contribution is 8.18. The van der Waals surface area contributed by atoms with E-state index >= 15 is 0 Å². The van der Waals surface area contributed by atoms with Gasteiger partial charge in [-0.3, -0.25) is 0 Å². The molecule has 0 unspecified atom stereocenters. The summed E-state index contributed by atoms with van der Waals surface area (Å²) in [5.41, 5.74) is 0. The van der Waals surface area contributed by atoms with Gasteiger partial charge in [-0.1, -0.05) is 36.4 Å². The first-order chi connectivity index (χ1) is 14.0. The minimum atomic E-state index is -5.46. The van der Waals surface area contributed by atoms with Crippen molar-refractivity contribution in [3.05, 3.63) is 60.7 Å². The highest BCUT2D eigenvalue weighted by Crippen LogP contribution is 2.14. The van der Waals surface area contributed by atoms with E-state index in [4.69, 9.17) is 0 Å². The summed E-state index contributed by atoms with van der Waals surface area (Å²) in [6, 6.07) is 13.4. The zero-order valence-electron chi connectivity index (χ0n) is 14.5. The van der Waals surface area contributed by atoms with Crippen LogP contribution in [0.1, 0.15) is 0 Å². The summed E-state index contributed by atoms with van der Waals surface area (Å²) in [6.07, 6.45) is 0. The molecule has 0 aliphatic carbocycles. The van der Waals surface area contributed by atoms with Crippen molar-refractivity contribution in [2.24, 2.45) is 0 Å². The predicted molar refractivity (Wildman–Crippen MR) is 95.7 cm³/mol. The summed E-state index contributed by atoms with van der Waals surface area (Å²) in [7, 11) is -10.9. The van der Waals surface area contributed by atoms with E-state index in [1.807, 2.05) is 0 Å². The van der Waals surface area contributed by atoms with Crippen molar-refractivity contribution >= 4 is 40.9 Å². The molecule has 0 aliphatic rings. The van der Waals surface area contributed by atoms with Gasteiger partial charge in [0, 0.05) is 0 Å². The van der Waals surface area contributed by atoms with E-state index in [0.717, 1.165) is 0 Å². The molecule has 2 aromatic carbocycles. The first kappa shape index (κ1) is 22.5. The fourth-order valence-electron chi connectivity index (χ4n) is 1.57. The summed E-state index contributed by atoms with van der Waals surface area (Å²) < 4.78 is 55.6. The van der Waals surface area contributed by atoms with Gasteiger partial charge >= 0.3 is 40.9 Å². The molecule has 14 heteroatoms. The average Bonchev–Trinajstić information content (AvgIpc) is 2.72. The molecule has 30 heavy (non-hydrogen) atoms. The van der Waals surface area contributed by atoms with Crippen LogP contribution in [0.5, 0.6) is 11.5 Å². The maximum Gasteiger partial charge on any atom is 0.480 e. The Morgan fingerprint density at radius 3 is 1.10 bits per heavy atom. The van der Waals surface area contributed by atoms with Gasteiger partial charge in [0.25, 0.3) is 0 Å². The lowest BCUT2D eigenvalue weighted by Gasteiger charge is -2.05. The van der Waals surface area contributed by atoms with Crippen LogP contribution in [0.4, 0.5) is 19.2 Å². The molecule has 2 rings (SSSR count). The van der Waals surface area contributed by atoms with E-state index in [0.29, 0.717) is 0 Å². The molecule has 158 valence electrons. The Morgan fingerprint density at radius 1 is 0.500 bits per heavy atom. The van der Waals surface area contributed by atoms with Crippen LogP contribution in [0.25, 0.3) is 0 Å². The van der Waals surface area contributed by atoms with Crippen LogP contribution in [0.15, 0.2) is 60.7 Å². The van der Waals surface area contributed by atoms with E-state index in [1.54, 1.807) is 0 Å². The number of hydrogen-bond donors (Lipinski definition) is 0. The maximum atomic E-state index is 11.7. The molecule has 0 saturated carbocycles. The van der Waals surface area contributed by atoms with Crippen LogP contribution in [0, 0.1) is 0 Å². The van der Waals surface area contributed by atoms with Crippen LogP contribution < -0.4 is 9.47 Å². The standard InChI is InChI=1S/C16H10O12S2/c17-13(25-11-7-3-1-4-8-11)29(21,22)15(19)27-28-16(20)30(23,24)14(18)26-12-9-5-2-6-10-12/h1-10H. The fraction of sp³-hybridized carbons (Fsp3) is 0. The molecular weight excluding hydrogens is 448 g/mol. The lowest BCUT2D eigenvalue weighted by atomic mass is 10.3. The molecule has 0 N–H and O–H groups in total. The van der Waals surface area contributed by atoms with Crippen molar-refractivity contribution < 1.29 is 55.3 Å². The van der Waals surface area contributed by atoms with E-state index < -0.39 is 40.9 Å². The third kappa shape index (κ3) is 5.39. The summed E-state index contributed by atoms with van der Waals surface area (Å²) in [4.78, 5) is 53.2. The van der Waals surface area contributed by atoms with Gasteiger partial charge in [-0.2, -0.15) is 0 Å². The molecule has 0 atom stereocenters. The van der Waals surface area contributed by atoms with Crippen molar-refractivity contribution in [1.82, 2.24) is 0 Å². The molecule has 0 fully saturated rings. The minimum Gasteiger partial charge on any atom is -0.414 e. The molecule has 2 aromatic rings. The quantitative estimate of drug-likeness (QED) is 0.366. The van der Waals surface area contributed by atoms with Gasteiger partial charge in [0.05, 0.1) is 0 Å². The van der Waals surface area contributed by atoms with E-state index in [1.165, 1.54) is 60.7 Å². The fourth-order valence-corrected chi connectivity index (χ4v) is 2.50. The van der Waals surface area contributed by atoms with Crippen LogP contribution in [-0.2, 0) is 29.4 Å².